The maximum absolute atomic E-state index is 12.9. The summed E-state index contributed by atoms with van der Waals surface area (Å²) in [4.78, 5) is 11.7. The number of ether oxygens (including phenoxy) is 3. The predicted octanol–water partition coefficient (Wildman–Crippen LogP) is 2.38. The lowest BCUT2D eigenvalue weighted by molar-refractivity contribution is 0.0600. The number of fused-ring (bicyclic) bond motifs is 1. The van der Waals surface area contributed by atoms with E-state index in [2.05, 4.69) is 4.74 Å². The van der Waals surface area contributed by atoms with Crippen LogP contribution in [0.5, 0.6) is 11.5 Å². The molecule has 142 valence electrons. The Kier molecular flexibility index (Phi) is 4.53. The normalized spacial score (nSPS) is 19.2. The number of carbonyl (C=O) groups excluding carboxylic acids is 1. The third-order valence-electron chi connectivity index (χ3n) is 4.93. The number of carbonyl (C=O) groups is 1. The molecule has 0 radical (unpaired) electrons. The van der Waals surface area contributed by atoms with Crippen molar-refractivity contribution in [2.45, 2.75) is 17.2 Å². The van der Waals surface area contributed by atoms with Gasteiger partial charge >= 0.3 is 5.97 Å². The van der Waals surface area contributed by atoms with E-state index in [0.29, 0.717) is 30.2 Å². The molecule has 0 bridgehead atoms. The van der Waals surface area contributed by atoms with Gasteiger partial charge in [-0.2, -0.15) is 4.31 Å². The predicted molar refractivity (Wildman–Crippen MR) is 96.5 cm³/mol. The van der Waals surface area contributed by atoms with Crippen LogP contribution in [0.2, 0.25) is 0 Å². The van der Waals surface area contributed by atoms with Crippen molar-refractivity contribution in [1.29, 1.82) is 0 Å². The molecule has 1 saturated heterocycles. The van der Waals surface area contributed by atoms with Crippen LogP contribution in [0.25, 0.3) is 0 Å². The zero-order valence-corrected chi connectivity index (χ0v) is 15.6. The van der Waals surface area contributed by atoms with E-state index in [1.165, 1.54) is 35.7 Å². The molecule has 2 aromatic rings. The summed E-state index contributed by atoms with van der Waals surface area (Å²) in [7, 11) is -2.33. The summed E-state index contributed by atoms with van der Waals surface area (Å²) in [5, 5.41) is 0. The number of methoxy groups -OCH3 is 1. The van der Waals surface area contributed by atoms with Crippen LogP contribution in [0.4, 0.5) is 0 Å². The number of nitrogens with zero attached hydrogens (tertiary/aromatic N) is 1. The monoisotopic (exact) mass is 389 g/mol. The lowest BCUT2D eigenvalue weighted by atomic mass is 9.98. The minimum Gasteiger partial charge on any atom is -0.465 e. The van der Waals surface area contributed by atoms with Gasteiger partial charge < -0.3 is 14.2 Å². The molecule has 8 heteroatoms. The van der Waals surface area contributed by atoms with Crippen LogP contribution in [0.3, 0.4) is 0 Å². The van der Waals surface area contributed by atoms with Crippen LogP contribution < -0.4 is 9.47 Å². The summed E-state index contributed by atoms with van der Waals surface area (Å²) in [5.41, 5.74) is 1.36. The molecule has 2 aromatic carbocycles. The van der Waals surface area contributed by atoms with E-state index in [0.717, 1.165) is 12.0 Å². The van der Waals surface area contributed by atoms with Crippen molar-refractivity contribution in [3.8, 4) is 11.5 Å². The highest BCUT2D eigenvalue weighted by Gasteiger charge is 2.33. The largest absolute Gasteiger partial charge is 0.465 e. The van der Waals surface area contributed by atoms with Crippen LogP contribution >= 0.6 is 0 Å². The van der Waals surface area contributed by atoms with Gasteiger partial charge in [-0.25, -0.2) is 13.2 Å². The quantitative estimate of drug-likeness (QED) is 0.747. The van der Waals surface area contributed by atoms with E-state index in [-0.39, 0.29) is 17.6 Å². The summed E-state index contributed by atoms with van der Waals surface area (Å²) in [6.07, 6.45) is 0.735. The SMILES string of the molecule is COC(=O)c1ccc(S(=O)(=O)N2CCC(c3ccc4c(c3)OCO4)C2)cc1. The van der Waals surface area contributed by atoms with E-state index in [9.17, 15) is 13.2 Å². The summed E-state index contributed by atoms with van der Waals surface area (Å²) >= 11 is 0. The first-order valence-electron chi connectivity index (χ1n) is 8.57. The summed E-state index contributed by atoms with van der Waals surface area (Å²) in [6, 6.07) is 11.5. The van der Waals surface area contributed by atoms with E-state index in [4.69, 9.17) is 9.47 Å². The lowest BCUT2D eigenvalue weighted by Gasteiger charge is -2.17. The highest BCUT2D eigenvalue weighted by atomic mass is 32.2. The van der Waals surface area contributed by atoms with Gasteiger partial charge in [0.15, 0.2) is 11.5 Å². The van der Waals surface area contributed by atoms with Gasteiger partial charge in [0.05, 0.1) is 17.6 Å². The standard InChI is InChI=1S/C19H19NO6S/c1-24-19(21)13-2-5-16(6-3-13)27(22,23)20-9-8-15(11-20)14-4-7-17-18(10-14)26-12-25-17/h2-7,10,15H,8-9,11-12H2,1H3. The second kappa shape index (κ2) is 6.86. The average molecular weight is 389 g/mol. The van der Waals surface area contributed by atoms with Gasteiger partial charge in [0.25, 0.3) is 0 Å². The van der Waals surface area contributed by atoms with Crippen LogP contribution in [0.15, 0.2) is 47.4 Å². The molecule has 4 rings (SSSR count). The molecule has 1 atom stereocenters. The van der Waals surface area contributed by atoms with E-state index in [1.807, 2.05) is 18.2 Å². The maximum Gasteiger partial charge on any atom is 0.337 e. The number of benzene rings is 2. The Morgan fingerprint density at radius 2 is 1.85 bits per heavy atom. The fraction of sp³-hybridized carbons (Fsp3) is 0.316. The number of esters is 1. The Morgan fingerprint density at radius 1 is 1.11 bits per heavy atom. The van der Waals surface area contributed by atoms with Gasteiger partial charge in [-0.3, -0.25) is 0 Å². The van der Waals surface area contributed by atoms with E-state index in [1.54, 1.807) is 0 Å². The minimum absolute atomic E-state index is 0.101. The first-order valence-corrected chi connectivity index (χ1v) is 10.0. The van der Waals surface area contributed by atoms with Crippen molar-refractivity contribution >= 4 is 16.0 Å². The van der Waals surface area contributed by atoms with Gasteiger partial charge in [0.1, 0.15) is 0 Å². The van der Waals surface area contributed by atoms with Crippen molar-refractivity contribution in [2.75, 3.05) is 27.0 Å². The molecule has 0 aromatic heterocycles. The first-order chi connectivity index (χ1) is 13.0. The van der Waals surface area contributed by atoms with Crippen molar-refractivity contribution in [3.63, 3.8) is 0 Å². The highest BCUT2D eigenvalue weighted by Crippen LogP contribution is 2.38. The zero-order chi connectivity index (χ0) is 19.0. The Labute approximate surface area is 157 Å². The fourth-order valence-electron chi connectivity index (χ4n) is 3.42. The average Bonchev–Trinajstić information content (AvgIpc) is 3.36. The molecule has 0 N–H and O–H groups in total. The molecule has 1 fully saturated rings. The Morgan fingerprint density at radius 3 is 2.59 bits per heavy atom. The molecule has 2 aliphatic heterocycles. The van der Waals surface area contributed by atoms with Gasteiger partial charge in [-0.1, -0.05) is 6.07 Å². The number of hydrogen-bond donors (Lipinski definition) is 0. The van der Waals surface area contributed by atoms with Gasteiger partial charge in [-0.05, 0) is 54.3 Å². The van der Waals surface area contributed by atoms with Gasteiger partial charge in [0, 0.05) is 13.1 Å². The Hall–Kier alpha value is -2.58. The van der Waals surface area contributed by atoms with E-state index >= 15 is 0 Å². The van der Waals surface area contributed by atoms with Crippen LogP contribution in [0.1, 0.15) is 28.3 Å². The summed E-state index contributed by atoms with van der Waals surface area (Å²) in [6.45, 7) is 1.06. The van der Waals surface area contributed by atoms with Crippen molar-refractivity contribution in [2.24, 2.45) is 0 Å². The molecule has 0 amide bonds. The second-order valence-electron chi connectivity index (χ2n) is 6.48. The number of sulfonamides is 1. The Balaban J connectivity index is 1.51. The molecular formula is C19H19NO6S. The maximum atomic E-state index is 12.9. The zero-order valence-electron chi connectivity index (χ0n) is 14.8. The molecule has 0 spiro atoms. The molecule has 1 unspecified atom stereocenters. The molecule has 0 saturated carbocycles. The van der Waals surface area contributed by atoms with Crippen LogP contribution in [0, 0.1) is 0 Å². The Bertz CT molecular complexity index is 970. The number of rotatable bonds is 4. The third-order valence-corrected chi connectivity index (χ3v) is 6.81. The molecule has 2 heterocycles. The molecule has 27 heavy (non-hydrogen) atoms. The summed E-state index contributed by atoms with van der Waals surface area (Å²) < 4.78 is 42.7. The van der Waals surface area contributed by atoms with Crippen LogP contribution in [-0.2, 0) is 14.8 Å². The number of hydrogen-bond acceptors (Lipinski definition) is 6. The third kappa shape index (κ3) is 3.26. The van der Waals surface area contributed by atoms with Crippen molar-refractivity contribution < 1.29 is 27.4 Å². The fourth-order valence-corrected chi connectivity index (χ4v) is 4.92. The molecule has 0 aliphatic carbocycles. The minimum atomic E-state index is -3.62. The highest BCUT2D eigenvalue weighted by molar-refractivity contribution is 7.89. The van der Waals surface area contributed by atoms with Gasteiger partial charge in [-0.15, -0.1) is 0 Å². The van der Waals surface area contributed by atoms with Crippen molar-refractivity contribution in [3.05, 3.63) is 53.6 Å². The molecule has 7 nitrogen and oxygen atoms in total. The van der Waals surface area contributed by atoms with E-state index < -0.39 is 16.0 Å². The van der Waals surface area contributed by atoms with Crippen molar-refractivity contribution in [1.82, 2.24) is 4.31 Å². The lowest BCUT2D eigenvalue weighted by Crippen LogP contribution is -2.28. The smallest absolute Gasteiger partial charge is 0.337 e. The summed E-state index contributed by atoms with van der Waals surface area (Å²) in [5.74, 6) is 1.02. The molecular weight excluding hydrogens is 370 g/mol. The molecule has 2 aliphatic rings. The van der Waals surface area contributed by atoms with Gasteiger partial charge in [0.2, 0.25) is 16.8 Å². The topological polar surface area (TPSA) is 82.1 Å². The second-order valence-corrected chi connectivity index (χ2v) is 8.42. The van der Waals surface area contributed by atoms with Crippen LogP contribution in [-0.4, -0.2) is 45.7 Å². The first kappa shape index (κ1) is 17.8.